The first-order valence-electron chi connectivity index (χ1n) is 5.29. The Bertz CT molecular complexity index is 486. The molecule has 4 nitrogen and oxygen atoms in total. The third-order valence-corrected chi connectivity index (χ3v) is 2.88. The summed E-state index contributed by atoms with van der Waals surface area (Å²) in [6, 6.07) is 5.14. The molecule has 0 unspecified atom stereocenters. The van der Waals surface area contributed by atoms with Crippen molar-refractivity contribution in [1.82, 2.24) is 0 Å². The summed E-state index contributed by atoms with van der Waals surface area (Å²) in [5.41, 5.74) is 1.27. The summed E-state index contributed by atoms with van der Waals surface area (Å²) in [6.07, 6.45) is 1.09. The standard InChI is InChI=1S/C11H17ClN2O2S/c1-8(2)7-13-9-4-5-11(10(12)6-9)14-17(3,15)16/h4-6,8,13-14H,7H2,1-3H3. The van der Waals surface area contributed by atoms with Crippen LogP contribution in [-0.4, -0.2) is 21.2 Å². The molecule has 0 aliphatic rings. The zero-order valence-corrected chi connectivity index (χ0v) is 11.7. The van der Waals surface area contributed by atoms with Gasteiger partial charge in [-0.05, 0) is 24.1 Å². The zero-order valence-electron chi connectivity index (χ0n) is 10.1. The summed E-state index contributed by atoms with van der Waals surface area (Å²) in [5, 5.41) is 3.59. The topological polar surface area (TPSA) is 58.2 Å². The molecule has 0 heterocycles. The Labute approximate surface area is 107 Å². The summed E-state index contributed by atoms with van der Waals surface area (Å²) < 4.78 is 24.5. The van der Waals surface area contributed by atoms with E-state index in [0.717, 1.165) is 18.5 Å². The van der Waals surface area contributed by atoms with Gasteiger partial charge in [-0.25, -0.2) is 8.42 Å². The highest BCUT2D eigenvalue weighted by atomic mass is 35.5. The maximum atomic E-state index is 11.1. The molecule has 0 radical (unpaired) electrons. The van der Waals surface area contributed by atoms with Gasteiger partial charge in [-0.15, -0.1) is 0 Å². The number of nitrogens with one attached hydrogen (secondary N) is 2. The van der Waals surface area contributed by atoms with Crippen LogP contribution >= 0.6 is 11.6 Å². The Morgan fingerprint density at radius 3 is 2.47 bits per heavy atom. The van der Waals surface area contributed by atoms with Crippen LogP contribution in [0.2, 0.25) is 5.02 Å². The lowest BCUT2D eigenvalue weighted by molar-refractivity contribution is 0.607. The number of rotatable bonds is 5. The number of benzene rings is 1. The zero-order chi connectivity index (χ0) is 13.1. The SMILES string of the molecule is CC(C)CNc1ccc(NS(C)(=O)=O)c(Cl)c1. The molecule has 0 spiro atoms. The van der Waals surface area contributed by atoms with Crippen LogP contribution in [0.1, 0.15) is 13.8 Å². The summed E-state index contributed by atoms with van der Waals surface area (Å²) in [5.74, 6) is 0.530. The fraction of sp³-hybridized carbons (Fsp3) is 0.455. The van der Waals surface area contributed by atoms with E-state index in [-0.39, 0.29) is 0 Å². The molecule has 0 fully saturated rings. The summed E-state index contributed by atoms with van der Waals surface area (Å²) in [4.78, 5) is 0. The van der Waals surface area contributed by atoms with E-state index >= 15 is 0 Å². The fourth-order valence-corrected chi connectivity index (χ4v) is 2.09. The van der Waals surface area contributed by atoms with Gasteiger partial charge in [0.15, 0.2) is 0 Å². The van der Waals surface area contributed by atoms with Gasteiger partial charge in [-0.3, -0.25) is 4.72 Å². The highest BCUT2D eigenvalue weighted by Gasteiger charge is 2.06. The van der Waals surface area contributed by atoms with Crippen molar-refractivity contribution in [1.29, 1.82) is 0 Å². The Morgan fingerprint density at radius 1 is 1.35 bits per heavy atom. The monoisotopic (exact) mass is 276 g/mol. The van der Waals surface area contributed by atoms with Crippen LogP contribution in [0.5, 0.6) is 0 Å². The molecule has 0 bridgehead atoms. The normalized spacial score (nSPS) is 11.6. The first kappa shape index (κ1) is 14.1. The van der Waals surface area contributed by atoms with E-state index in [0.29, 0.717) is 16.6 Å². The second-order valence-corrected chi connectivity index (χ2v) is 6.50. The van der Waals surface area contributed by atoms with Crippen LogP contribution in [0.25, 0.3) is 0 Å². The van der Waals surface area contributed by atoms with Crippen LogP contribution in [0, 0.1) is 5.92 Å². The minimum Gasteiger partial charge on any atom is -0.385 e. The highest BCUT2D eigenvalue weighted by Crippen LogP contribution is 2.26. The van der Waals surface area contributed by atoms with Crippen LogP contribution in [0.4, 0.5) is 11.4 Å². The molecule has 0 aliphatic heterocycles. The predicted molar refractivity (Wildman–Crippen MR) is 73.2 cm³/mol. The van der Waals surface area contributed by atoms with Crippen LogP contribution < -0.4 is 10.0 Å². The second kappa shape index (κ2) is 5.60. The van der Waals surface area contributed by atoms with Crippen LogP contribution in [0.15, 0.2) is 18.2 Å². The number of sulfonamides is 1. The molecule has 0 saturated carbocycles. The average molecular weight is 277 g/mol. The van der Waals surface area contributed by atoms with E-state index in [1.54, 1.807) is 18.2 Å². The average Bonchev–Trinajstić information content (AvgIpc) is 2.17. The molecule has 0 saturated heterocycles. The van der Waals surface area contributed by atoms with Crippen molar-refractivity contribution < 1.29 is 8.42 Å². The maximum Gasteiger partial charge on any atom is 0.229 e. The molecule has 6 heteroatoms. The third kappa shape index (κ3) is 5.28. The van der Waals surface area contributed by atoms with Crippen molar-refractivity contribution in [3.63, 3.8) is 0 Å². The van der Waals surface area contributed by atoms with Crippen molar-refractivity contribution in [2.75, 3.05) is 22.8 Å². The van der Waals surface area contributed by atoms with Crippen molar-refractivity contribution in [2.45, 2.75) is 13.8 Å². The molecule has 96 valence electrons. The number of anilines is 2. The van der Waals surface area contributed by atoms with Gasteiger partial charge in [0.25, 0.3) is 0 Å². The first-order chi connectivity index (χ1) is 7.78. The molecule has 1 aromatic carbocycles. The Kier molecular flexibility index (Phi) is 4.65. The second-order valence-electron chi connectivity index (χ2n) is 4.34. The smallest absolute Gasteiger partial charge is 0.229 e. The molecule has 0 aromatic heterocycles. The van der Waals surface area contributed by atoms with Crippen molar-refractivity contribution in [3.05, 3.63) is 23.2 Å². The maximum absolute atomic E-state index is 11.1. The highest BCUT2D eigenvalue weighted by molar-refractivity contribution is 7.92. The Hall–Kier alpha value is -0.940. The van der Waals surface area contributed by atoms with Crippen molar-refractivity contribution in [3.8, 4) is 0 Å². The van der Waals surface area contributed by atoms with Crippen LogP contribution in [-0.2, 0) is 10.0 Å². The molecule has 0 aliphatic carbocycles. The quantitative estimate of drug-likeness (QED) is 0.869. The molecular weight excluding hydrogens is 260 g/mol. The summed E-state index contributed by atoms with van der Waals surface area (Å²) in [7, 11) is -3.29. The van der Waals surface area contributed by atoms with Gasteiger partial charge < -0.3 is 5.32 Å². The molecule has 1 aromatic rings. The lowest BCUT2D eigenvalue weighted by Crippen LogP contribution is -2.11. The third-order valence-electron chi connectivity index (χ3n) is 1.98. The molecule has 2 N–H and O–H groups in total. The van der Waals surface area contributed by atoms with E-state index in [4.69, 9.17) is 11.6 Å². The van der Waals surface area contributed by atoms with Gasteiger partial charge in [-0.1, -0.05) is 25.4 Å². The minimum atomic E-state index is -3.29. The van der Waals surface area contributed by atoms with Gasteiger partial charge in [0.05, 0.1) is 17.0 Å². The molecule has 0 amide bonds. The minimum absolute atomic E-state index is 0.379. The van der Waals surface area contributed by atoms with Gasteiger partial charge in [0.2, 0.25) is 10.0 Å². The van der Waals surface area contributed by atoms with Crippen molar-refractivity contribution >= 4 is 33.0 Å². The fourth-order valence-electron chi connectivity index (χ4n) is 1.23. The van der Waals surface area contributed by atoms with Gasteiger partial charge >= 0.3 is 0 Å². The van der Waals surface area contributed by atoms with E-state index in [1.807, 2.05) is 0 Å². The Morgan fingerprint density at radius 2 is 2.00 bits per heavy atom. The van der Waals surface area contributed by atoms with E-state index in [1.165, 1.54) is 0 Å². The predicted octanol–water partition coefficient (Wildman–Crippen LogP) is 2.78. The van der Waals surface area contributed by atoms with E-state index in [9.17, 15) is 8.42 Å². The first-order valence-corrected chi connectivity index (χ1v) is 7.56. The number of hydrogen-bond donors (Lipinski definition) is 2. The van der Waals surface area contributed by atoms with Gasteiger partial charge in [-0.2, -0.15) is 0 Å². The summed E-state index contributed by atoms with van der Waals surface area (Å²) in [6.45, 7) is 5.05. The van der Waals surface area contributed by atoms with Crippen molar-refractivity contribution in [2.24, 2.45) is 5.92 Å². The largest absolute Gasteiger partial charge is 0.385 e. The molecule has 0 atom stereocenters. The lowest BCUT2D eigenvalue weighted by Gasteiger charge is -2.11. The van der Waals surface area contributed by atoms with E-state index in [2.05, 4.69) is 23.9 Å². The number of halogens is 1. The van der Waals surface area contributed by atoms with Crippen LogP contribution in [0.3, 0.4) is 0 Å². The Balaban J connectivity index is 2.79. The molecular formula is C11H17ClN2O2S. The van der Waals surface area contributed by atoms with Gasteiger partial charge in [0.1, 0.15) is 0 Å². The lowest BCUT2D eigenvalue weighted by atomic mass is 10.2. The molecule has 1 rings (SSSR count). The summed E-state index contributed by atoms with van der Waals surface area (Å²) >= 11 is 5.98. The molecule has 17 heavy (non-hydrogen) atoms. The number of hydrogen-bond acceptors (Lipinski definition) is 3. The van der Waals surface area contributed by atoms with Gasteiger partial charge in [0, 0.05) is 12.2 Å². The van der Waals surface area contributed by atoms with E-state index < -0.39 is 10.0 Å².